The van der Waals surface area contributed by atoms with E-state index in [9.17, 15) is 18.0 Å². The Kier molecular flexibility index (Phi) is 3.98. The maximum atomic E-state index is 12.8. The van der Waals surface area contributed by atoms with E-state index < -0.39 is 11.9 Å². The number of hydrogen-bond acceptors (Lipinski definition) is 3. The Balaban J connectivity index is 1.69. The minimum atomic E-state index is -4.42. The predicted octanol–water partition coefficient (Wildman–Crippen LogP) is 2.94. The Labute approximate surface area is 133 Å². The van der Waals surface area contributed by atoms with Crippen LogP contribution in [-0.2, 0) is 11.0 Å². The molecule has 0 aliphatic carbocycles. The fourth-order valence-corrected chi connectivity index (χ4v) is 3.57. The first-order valence-electron chi connectivity index (χ1n) is 7.90. The Morgan fingerprint density at radius 3 is 2.52 bits per heavy atom. The highest BCUT2D eigenvalue weighted by Gasteiger charge is 2.44. The van der Waals surface area contributed by atoms with Crippen LogP contribution in [0.1, 0.15) is 31.9 Å². The molecule has 0 atom stereocenters. The van der Waals surface area contributed by atoms with Gasteiger partial charge in [0.05, 0.1) is 0 Å². The summed E-state index contributed by atoms with van der Waals surface area (Å²) in [5.74, 6) is 0.560. The molecule has 0 N–H and O–H groups in total. The van der Waals surface area contributed by atoms with Crippen molar-refractivity contribution in [3.63, 3.8) is 0 Å². The summed E-state index contributed by atoms with van der Waals surface area (Å²) in [4.78, 5) is 19.5. The molecule has 2 saturated heterocycles. The molecule has 2 aliphatic heterocycles. The van der Waals surface area contributed by atoms with E-state index in [2.05, 4.69) is 4.98 Å². The van der Waals surface area contributed by atoms with Crippen LogP contribution < -0.4 is 4.90 Å². The van der Waals surface area contributed by atoms with Gasteiger partial charge in [0.1, 0.15) is 11.5 Å². The molecule has 3 rings (SSSR count). The third kappa shape index (κ3) is 3.14. The van der Waals surface area contributed by atoms with Crippen molar-refractivity contribution in [1.82, 2.24) is 9.88 Å². The van der Waals surface area contributed by atoms with E-state index in [-0.39, 0.29) is 11.3 Å². The first-order chi connectivity index (χ1) is 10.8. The van der Waals surface area contributed by atoms with E-state index in [1.165, 1.54) is 6.07 Å². The number of anilines is 1. The standard InChI is InChI=1S/C16H20F3N3O/c1-2-21-11-15(10-14(21)23)6-8-22(9-7-15)13-5-3-4-12(20-13)16(17,18)19/h3-5H,2,6-11H2,1H3. The topological polar surface area (TPSA) is 36.4 Å². The molecule has 2 fully saturated rings. The largest absolute Gasteiger partial charge is 0.433 e. The summed E-state index contributed by atoms with van der Waals surface area (Å²) in [6.07, 6.45) is -2.24. The Bertz CT molecular complexity index is 594. The molecule has 0 radical (unpaired) electrons. The summed E-state index contributed by atoms with van der Waals surface area (Å²) in [5, 5.41) is 0. The second-order valence-electron chi connectivity index (χ2n) is 6.45. The van der Waals surface area contributed by atoms with E-state index in [0.29, 0.717) is 25.3 Å². The normalized spacial score (nSPS) is 21.3. The third-order valence-corrected chi connectivity index (χ3v) is 4.96. The molecule has 7 heteroatoms. The van der Waals surface area contributed by atoms with Crippen molar-refractivity contribution in [3.8, 4) is 0 Å². The number of amides is 1. The van der Waals surface area contributed by atoms with Crippen LogP contribution >= 0.6 is 0 Å². The third-order valence-electron chi connectivity index (χ3n) is 4.96. The molecule has 23 heavy (non-hydrogen) atoms. The van der Waals surface area contributed by atoms with Gasteiger partial charge in [-0.05, 0) is 31.9 Å². The van der Waals surface area contributed by atoms with Gasteiger partial charge in [0.2, 0.25) is 5.91 Å². The number of alkyl halides is 3. The van der Waals surface area contributed by atoms with Crippen LogP contribution in [-0.4, -0.2) is 42.0 Å². The van der Waals surface area contributed by atoms with Crippen LogP contribution in [0.25, 0.3) is 0 Å². The van der Waals surface area contributed by atoms with Gasteiger partial charge in [-0.2, -0.15) is 13.2 Å². The van der Waals surface area contributed by atoms with E-state index >= 15 is 0 Å². The van der Waals surface area contributed by atoms with E-state index in [0.717, 1.165) is 32.0 Å². The predicted molar refractivity (Wildman–Crippen MR) is 80.0 cm³/mol. The van der Waals surface area contributed by atoms with E-state index in [1.807, 2.05) is 16.7 Å². The summed E-state index contributed by atoms with van der Waals surface area (Å²) in [5.41, 5.74) is -0.867. The number of hydrogen-bond donors (Lipinski definition) is 0. The molecule has 1 aromatic heterocycles. The summed E-state index contributed by atoms with van der Waals surface area (Å²) in [6, 6.07) is 4.00. The van der Waals surface area contributed by atoms with Gasteiger partial charge in [0, 0.05) is 38.0 Å². The lowest BCUT2D eigenvalue weighted by atomic mass is 9.77. The summed E-state index contributed by atoms with van der Waals surface area (Å²) < 4.78 is 38.3. The van der Waals surface area contributed by atoms with Crippen LogP contribution in [0, 0.1) is 5.41 Å². The van der Waals surface area contributed by atoms with Crippen molar-refractivity contribution in [2.24, 2.45) is 5.41 Å². The molecule has 2 aliphatic rings. The van der Waals surface area contributed by atoms with Crippen molar-refractivity contribution in [3.05, 3.63) is 23.9 Å². The second-order valence-corrected chi connectivity index (χ2v) is 6.45. The number of aromatic nitrogens is 1. The van der Waals surface area contributed by atoms with Gasteiger partial charge in [0.15, 0.2) is 0 Å². The van der Waals surface area contributed by atoms with Gasteiger partial charge >= 0.3 is 6.18 Å². The number of halogens is 3. The smallest absolute Gasteiger partial charge is 0.357 e. The van der Waals surface area contributed by atoms with Crippen molar-refractivity contribution in [2.45, 2.75) is 32.4 Å². The molecular formula is C16H20F3N3O. The molecule has 0 saturated carbocycles. The lowest BCUT2D eigenvalue weighted by molar-refractivity contribution is -0.141. The van der Waals surface area contributed by atoms with Gasteiger partial charge in [0.25, 0.3) is 0 Å². The van der Waals surface area contributed by atoms with Crippen LogP contribution in [0.2, 0.25) is 0 Å². The maximum absolute atomic E-state index is 12.8. The highest BCUT2D eigenvalue weighted by Crippen LogP contribution is 2.41. The molecule has 3 heterocycles. The van der Waals surface area contributed by atoms with Crippen LogP contribution in [0.3, 0.4) is 0 Å². The molecular weight excluding hydrogens is 307 g/mol. The zero-order valence-corrected chi connectivity index (χ0v) is 13.1. The number of rotatable bonds is 2. The Hall–Kier alpha value is -1.79. The fraction of sp³-hybridized carbons (Fsp3) is 0.625. The molecule has 126 valence electrons. The second kappa shape index (κ2) is 5.69. The Morgan fingerprint density at radius 1 is 1.26 bits per heavy atom. The quantitative estimate of drug-likeness (QED) is 0.838. The number of pyridine rings is 1. The first-order valence-corrected chi connectivity index (χ1v) is 7.90. The van der Waals surface area contributed by atoms with E-state index in [1.54, 1.807) is 6.07 Å². The van der Waals surface area contributed by atoms with Crippen molar-refractivity contribution in [2.75, 3.05) is 31.1 Å². The summed E-state index contributed by atoms with van der Waals surface area (Å²) in [6.45, 7) is 4.74. The molecule has 0 bridgehead atoms. The van der Waals surface area contributed by atoms with Gasteiger partial charge in [-0.25, -0.2) is 4.98 Å². The molecule has 0 unspecified atom stereocenters. The Morgan fingerprint density at radius 2 is 1.96 bits per heavy atom. The van der Waals surface area contributed by atoms with Crippen molar-refractivity contribution in [1.29, 1.82) is 0 Å². The monoisotopic (exact) mass is 327 g/mol. The number of carbonyl (C=O) groups is 1. The van der Waals surface area contributed by atoms with Crippen molar-refractivity contribution < 1.29 is 18.0 Å². The number of piperidine rings is 1. The number of nitrogens with zero attached hydrogens (tertiary/aromatic N) is 3. The van der Waals surface area contributed by atoms with Crippen LogP contribution in [0.5, 0.6) is 0 Å². The zero-order valence-electron chi connectivity index (χ0n) is 13.1. The highest BCUT2D eigenvalue weighted by atomic mass is 19.4. The highest BCUT2D eigenvalue weighted by molar-refractivity contribution is 5.79. The number of likely N-dealkylation sites (tertiary alicyclic amines) is 1. The van der Waals surface area contributed by atoms with Crippen molar-refractivity contribution >= 4 is 11.7 Å². The lowest BCUT2D eigenvalue weighted by Gasteiger charge is -2.39. The fourth-order valence-electron chi connectivity index (χ4n) is 3.57. The minimum absolute atomic E-state index is 0.00870. The molecule has 1 amide bonds. The average Bonchev–Trinajstić information content (AvgIpc) is 2.83. The molecule has 1 aromatic rings. The van der Waals surface area contributed by atoms with Gasteiger partial charge in [-0.3, -0.25) is 4.79 Å². The molecule has 4 nitrogen and oxygen atoms in total. The summed E-state index contributed by atoms with van der Waals surface area (Å²) in [7, 11) is 0. The van der Waals surface area contributed by atoms with E-state index in [4.69, 9.17) is 0 Å². The van der Waals surface area contributed by atoms with Crippen LogP contribution in [0.15, 0.2) is 18.2 Å². The summed E-state index contributed by atoms with van der Waals surface area (Å²) >= 11 is 0. The zero-order chi connectivity index (χ0) is 16.7. The molecule has 0 aromatic carbocycles. The number of carbonyl (C=O) groups excluding carboxylic acids is 1. The van der Waals surface area contributed by atoms with Gasteiger partial charge < -0.3 is 9.80 Å². The average molecular weight is 327 g/mol. The lowest BCUT2D eigenvalue weighted by Crippen LogP contribution is -2.42. The SMILES string of the molecule is CCN1CC2(CCN(c3cccc(C(F)(F)F)n3)CC2)CC1=O. The molecule has 1 spiro atoms. The maximum Gasteiger partial charge on any atom is 0.433 e. The van der Waals surface area contributed by atoms with Gasteiger partial charge in [-0.1, -0.05) is 6.07 Å². The van der Waals surface area contributed by atoms with Gasteiger partial charge in [-0.15, -0.1) is 0 Å². The first kappa shape index (κ1) is 16.1. The minimum Gasteiger partial charge on any atom is -0.357 e. The van der Waals surface area contributed by atoms with Crippen LogP contribution in [0.4, 0.5) is 19.0 Å².